The third-order valence-corrected chi connectivity index (χ3v) is 4.62. The Morgan fingerprint density at radius 1 is 1.53 bits per heavy atom. The van der Waals surface area contributed by atoms with Crippen molar-refractivity contribution in [3.05, 3.63) is 33.0 Å². The molecule has 1 N–H and O–H groups in total. The van der Waals surface area contributed by atoms with Crippen molar-refractivity contribution in [3.63, 3.8) is 0 Å². The van der Waals surface area contributed by atoms with E-state index in [0.717, 1.165) is 11.7 Å². The second kappa shape index (κ2) is 5.71. The number of anilines is 1. The molecule has 0 saturated carbocycles. The number of aromatic nitrogens is 1. The van der Waals surface area contributed by atoms with E-state index in [9.17, 15) is 9.90 Å². The van der Waals surface area contributed by atoms with Crippen LogP contribution in [0.4, 0.5) is 5.13 Å². The van der Waals surface area contributed by atoms with E-state index < -0.39 is 5.97 Å². The molecular formula is C13H16N2O2S2. The van der Waals surface area contributed by atoms with Crippen molar-refractivity contribution < 1.29 is 9.90 Å². The summed E-state index contributed by atoms with van der Waals surface area (Å²) >= 11 is 2.90. The molecule has 0 aliphatic carbocycles. The molecule has 0 amide bonds. The summed E-state index contributed by atoms with van der Waals surface area (Å²) in [6, 6.07) is 2.07. The van der Waals surface area contributed by atoms with Gasteiger partial charge in [0.1, 0.15) is 4.88 Å². The Morgan fingerprint density at radius 2 is 2.26 bits per heavy atom. The quantitative estimate of drug-likeness (QED) is 0.914. The van der Waals surface area contributed by atoms with Crippen LogP contribution in [0.2, 0.25) is 0 Å². The van der Waals surface area contributed by atoms with E-state index in [2.05, 4.69) is 16.4 Å². The monoisotopic (exact) mass is 296 g/mol. The van der Waals surface area contributed by atoms with E-state index >= 15 is 0 Å². The van der Waals surface area contributed by atoms with Gasteiger partial charge in [0.05, 0.1) is 5.69 Å². The van der Waals surface area contributed by atoms with Gasteiger partial charge < -0.3 is 10.0 Å². The molecule has 2 rings (SSSR count). The number of thiophene rings is 1. The molecule has 2 heterocycles. The largest absolute Gasteiger partial charge is 0.477 e. The first-order valence-corrected chi connectivity index (χ1v) is 7.71. The predicted molar refractivity (Wildman–Crippen MR) is 79.6 cm³/mol. The maximum Gasteiger partial charge on any atom is 0.347 e. The second-order valence-corrected chi connectivity index (χ2v) is 6.42. The molecule has 0 saturated heterocycles. The van der Waals surface area contributed by atoms with Gasteiger partial charge in [-0.15, -0.1) is 0 Å². The second-order valence-electron chi connectivity index (χ2n) is 4.66. The van der Waals surface area contributed by atoms with Gasteiger partial charge in [-0.2, -0.15) is 11.3 Å². The summed E-state index contributed by atoms with van der Waals surface area (Å²) in [5.41, 5.74) is 1.88. The lowest BCUT2D eigenvalue weighted by Crippen LogP contribution is -2.15. The topological polar surface area (TPSA) is 53.4 Å². The van der Waals surface area contributed by atoms with Crippen LogP contribution in [-0.2, 0) is 6.54 Å². The molecule has 19 heavy (non-hydrogen) atoms. The Hall–Kier alpha value is -1.40. The van der Waals surface area contributed by atoms with Crippen LogP contribution in [0.1, 0.15) is 40.7 Å². The number of rotatable bonds is 5. The van der Waals surface area contributed by atoms with Gasteiger partial charge in [0, 0.05) is 13.6 Å². The van der Waals surface area contributed by atoms with Crippen molar-refractivity contribution in [1.82, 2.24) is 4.98 Å². The summed E-state index contributed by atoms with van der Waals surface area (Å²) in [6.45, 7) is 4.67. The number of aromatic carboxylic acids is 1. The molecule has 2 aromatic rings. The van der Waals surface area contributed by atoms with Crippen LogP contribution >= 0.6 is 22.7 Å². The first kappa shape index (κ1) is 14.0. The summed E-state index contributed by atoms with van der Waals surface area (Å²) in [7, 11) is 1.94. The normalized spacial score (nSPS) is 10.9. The van der Waals surface area contributed by atoms with Crippen LogP contribution in [0.25, 0.3) is 0 Å². The minimum atomic E-state index is -0.892. The number of hydrogen-bond acceptors (Lipinski definition) is 5. The highest BCUT2D eigenvalue weighted by Crippen LogP contribution is 2.31. The number of nitrogens with zero attached hydrogens (tertiary/aromatic N) is 2. The van der Waals surface area contributed by atoms with Crippen molar-refractivity contribution in [2.45, 2.75) is 26.3 Å². The molecule has 0 unspecified atom stereocenters. The third-order valence-electron chi connectivity index (χ3n) is 2.71. The van der Waals surface area contributed by atoms with Crippen LogP contribution in [0, 0.1) is 0 Å². The lowest BCUT2D eigenvalue weighted by molar-refractivity contribution is 0.0700. The SMILES string of the molecule is CC(C)c1nc(N(C)Cc2ccsc2)sc1C(=O)O. The van der Waals surface area contributed by atoms with E-state index in [4.69, 9.17) is 0 Å². The fourth-order valence-corrected chi connectivity index (χ4v) is 3.43. The Kier molecular flexibility index (Phi) is 4.21. The average Bonchev–Trinajstić information content (AvgIpc) is 2.96. The summed E-state index contributed by atoms with van der Waals surface area (Å²) in [4.78, 5) is 18.1. The molecule has 0 fully saturated rings. The highest BCUT2D eigenvalue weighted by molar-refractivity contribution is 7.17. The number of carbonyl (C=O) groups is 1. The molecule has 0 spiro atoms. The summed E-state index contributed by atoms with van der Waals surface area (Å²) in [5.74, 6) is -0.776. The molecule has 2 aromatic heterocycles. The molecule has 6 heteroatoms. The van der Waals surface area contributed by atoms with E-state index in [0.29, 0.717) is 10.6 Å². The van der Waals surface area contributed by atoms with Crippen LogP contribution in [-0.4, -0.2) is 23.1 Å². The standard InChI is InChI=1S/C13H16N2O2S2/c1-8(2)10-11(12(16)17)19-13(14-10)15(3)6-9-4-5-18-7-9/h4-5,7-8H,6H2,1-3H3,(H,16,17). The van der Waals surface area contributed by atoms with Crippen molar-refractivity contribution >= 4 is 33.8 Å². The summed E-state index contributed by atoms with van der Waals surface area (Å²) in [5, 5.41) is 14.1. The Labute approximate surface area is 120 Å². The van der Waals surface area contributed by atoms with Gasteiger partial charge in [-0.1, -0.05) is 25.2 Å². The van der Waals surface area contributed by atoms with Crippen molar-refractivity contribution in [1.29, 1.82) is 0 Å². The Balaban J connectivity index is 2.25. The minimum Gasteiger partial charge on any atom is -0.477 e. The summed E-state index contributed by atoms with van der Waals surface area (Å²) in [6.07, 6.45) is 0. The maximum atomic E-state index is 11.2. The van der Waals surface area contributed by atoms with Crippen LogP contribution in [0.5, 0.6) is 0 Å². The molecule has 0 bridgehead atoms. The zero-order chi connectivity index (χ0) is 14.0. The average molecular weight is 296 g/mol. The van der Waals surface area contributed by atoms with Crippen molar-refractivity contribution in [2.24, 2.45) is 0 Å². The van der Waals surface area contributed by atoms with Crippen LogP contribution in [0.15, 0.2) is 16.8 Å². The highest BCUT2D eigenvalue weighted by Gasteiger charge is 2.21. The molecule has 0 radical (unpaired) electrons. The lowest BCUT2D eigenvalue weighted by atomic mass is 10.1. The van der Waals surface area contributed by atoms with E-state index in [1.54, 1.807) is 11.3 Å². The zero-order valence-electron chi connectivity index (χ0n) is 11.1. The number of carboxylic acid groups (broad SMARTS) is 1. The maximum absolute atomic E-state index is 11.2. The first-order chi connectivity index (χ1) is 8.99. The van der Waals surface area contributed by atoms with Crippen LogP contribution in [0.3, 0.4) is 0 Å². The molecule has 102 valence electrons. The van der Waals surface area contributed by atoms with Gasteiger partial charge >= 0.3 is 5.97 Å². The van der Waals surface area contributed by atoms with Gasteiger partial charge in [-0.3, -0.25) is 0 Å². The minimum absolute atomic E-state index is 0.116. The molecule has 0 aliphatic rings. The number of thiazole rings is 1. The first-order valence-electron chi connectivity index (χ1n) is 5.95. The fourth-order valence-electron chi connectivity index (χ4n) is 1.75. The predicted octanol–water partition coefficient (Wildman–Crippen LogP) is 3.66. The van der Waals surface area contributed by atoms with Gasteiger partial charge in [0.25, 0.3) is 0 Å². The molecule has 0 atom stereocenters. The van der Waals surface area contributed by atoms with Gasteiger partial charge in [0.2, 0.25) is 0 Å². The Bertz CT molecular complexity index is 561. The van der Waals surface area contributed by atoms with Crippen LogP contribution < -0.4 is 4.90 Å². The van der Waals surface area contributed by atoms with E-state index in [1.165, 1.54) is 16.9 Å². The fraction of sp³-hybridized carbons (Fsp3) is 0.385. The number of carboxylic acids is 1. The molecule has 0 aromatic carbocycles. The molecular weight excluding hydrogens is 280 g/mol. The van der Waals surface area contributed by atoms with Gasteiger partial charge in [-0.05, 0) is 28.3 Å². The molecule has 4 nitrogen and oxygen atoms in total. The zero-order valence-corrected chi connectivity index (χ0v) is 12.7. The van der Waals surface area contributed by atoms with Gasteiger partial charge in [-0.25, -0.2) is 9.78 Å². The van der Waals surface area contributed by atoms with Crippen molar-refractivity contribution in [2.75, 3.05) is 11.9 Å². The molecule has 0 aliphatic heterocycles. The highest BCUT2D eigenvalue weighted by atomic mass is 32.1. The van der Waals surface area contributed by atoms with Gasteiger partial charge in [0.15, 0.2) is 5.13 Å². The summed E-state index contributed by atoms with van der Waals surface area (Å²) < 4.78 is 0. The third kappa shape index (κ3) is 3.13. The van der Waals surface area contributed by atoms with E-state index in [1.807, 2.05) is 31.2 Å². The smallest absolute Gasteiger partial charge is 0.347 e. The van der Waals surface area contributed by atoms with Crippen molar-refractivity contribution in [3.8, 4) is 0 Å². The number of hydrogen-bond donors (Lipinski definition) is 1. The van der Waals surface area contributed by atoms with E-state index in [-0.39, 0.29) is 5.92 Å². The lowest BCUT2D eigenvalue weighted by Gasteiger charge is -2.14. The Morgan fingerprint density at radius 3 is 2.74 bits per heavy atom.